The Morgan fingerprint density at radius 1 is 0.970 bits per heavy atom. The van der Waals surface area contributed by atoms with E-state index in [1.165, 1.54) is 6.07 Å². The van der Waals surface area contributed by atoms with Crippen LogP contribution >= 0.6 is 0 Å². The lowest BCUT2D eigenvalue weighted by molar-refractivity contribution is -0.122. The first-order valence-electron chi connectivity index (χ1n) is 10.3. The highest BCUT2D eigenvalue weighted by molar-refractivity contribution is 6.11. The van der Waals surface area contributed by atoms with Crippen LogP contribution in [0.5, 0.6) is 0 Å². The number of nitrogens with one attached hydrogen (secondary N) is 2. The Balaban J connectivity index is 1.48. The van der Waals surface area contributed by atoms with E-state index in [0.29, 0.717) is 17.4 Å². The van der Waals surface area contributed by atoms with Crippen molar-refractivity contribution in [2.75, 3.05) is 22.1 Å². The Kier molecular flexibility index (Phi) is 6.17. The molecule has 4 rings (SSSR count). The Morgan fingerprint density at radius 3 is 2.52 bits per heavy atom. The van der Waals surface area contributed by atoms with Crippen LogP contribution in [0, 0.1) is 24.5 Å². The van der Waals surface area contributed by atoms with Gasteiger partial charge >= 0.3 is 0 Å². The first kappa shape index (κ1) is 22.1. The van der Waals surface area contributed by atoms with Gasteiger partial charge in [0, 0.05) is 24.7 Å². The zero-order chi connectivity index (χ0) is 23.5. The van der Waals surface area contributed by atoms with Gasteiger partial charge in [0.15, 0.2) is 0 Å². The van der Waals surface area contributed by atoms with Crippen LogP contribution in [0.3, 0.4) is 0 Å². The molecule has 1 aliphatic rings. The number of aryl methyl sites for hydroxylation is 1. The molecule has 33 heavy (non-hydrogen) atoms. The first-order valence-corrected chi connectivity index (χ1v) is 10.3. The highest BCUT2D eigenvalue weighted by atomic mass is 19.1. The van der Waals surface area contributed by atoms with Gasteiger partial charge in [-0.25, -0.2) is 8.78 Å². The van der Waals surface area contributed by atoms with Gasteiger partial charge in [-0.1, -0.05) is 24.3 Å². The Hall–Kier alpha value is -4.07. The molecule has 1 unspecified atom stereocenters. The number of halogens is 2. The van der Waals surface area contributed by atoms with Crippen LogP contribution < -0.4 is 15.5 Å². The molecule has 3 aromatic rings. The maximum absolute atomic E-state index is 14.1. The minimum absolute atomic E-state index is 0.0507. The summed E-state index contributed by atoms with van der Waals surface area (Å²) in [4.78, 5) is 39.2. The van der Waals surface area contributed by atoms with E-state index in [9.17, 15) is 23.2 Å². The summed E-state index contributed by atoms with van der Waals surface area (Å²) in [7, 11) is 0. The molecule has 1 saturated heterocycles. The van der Waals surface area contributed by atoms with E-state index in [1.54, 1.807) is 30.3 Å². The summed E-state index contributed by atoms with van der Waals surface area (Å²) in [5.41, 5.74) is 2.10. The standard InChI is InChI=1S/C25H21F2N3O3/c1-15-5-4-6-18(11-15)28-25(33)19-7-2-3-8-21(19)29-24(32)16-12-23(31)30(14-16)22-10-9-17(26)13-20(22)27/h2-11,13,16H,12,14H2,1H3,(H,28,33)(H,29,32). The number of benzene rings is 3. The predicted octanol–water partition coefficient (Wildman–Crippen LogP) is 4.52. The van der Waals surface area contributed by atoms with Gasteiger partial charge in [0.2, 0.25) is 11.8 Å². The molecule has 0 aromatic heterocycles. The van der Waals surface area contributed by atoms with E-state index in [-0.39, 0.29) is 24.2 Å². The molecular formula is C25H21F2N3O3. The van der Waals surface area contributed by atoms with Gasteiger partial charge in [-0.15, -0.1) is 0 Å². The van der Waals surface area contributed by atoms with Gasteiger partial charge in [-0.05, 0) is 48.9 Å². The fourth-order valence-corrected chi connectivity index (χ4v) is 3.76. The molecule has 3 aromatic carbocycles. The molecule has 168 valence electrons. The maximum Gasteiger partial charge on any atom is 0.257 e. The minimum Gasteiger partial charge on any atom is -0.325 e. The Bertz CT molecular complexity index is 1250. The fourth-order valence-electron chi connectivity index (χ4n) is 3.76. The van der Waals surface area contributed by atoms with Crippen molar-refractivity contribution in [3.63, 3.8) is 0 Å². The second-order valence-electron chi connectivity index (χ2n) is 7.86. The topological polar surface area (TPSA) is 78.5 Å². The quantitative estimate of drug-likeness (QED) is 0.601. The normalized spacial score (nSPS) is 15.4. The smallest absolute Gasteiger partial charge is 0.257 e. The van der Waals surface area contributed by atoms with E-state index in [0.717, 1.165) is 16.5 Å². The molecule has 3 amide bonds. The third-order valence-corrected chi connectivity index (χ3v) is 5.40. The largest absolute Gasteiger partial charge is 0.325 e. The summed E-state index contributed by atoms with van der Waals surface area (Å²) in [5.74, 6) is -3.68. The number of nitrogens with zero attached hydrogens (tertiary/aromatic N) is 1. The van der Waals surface area contributed by atoms with Crippen LogP contribution in [0.4, 0.5) is 25.8 Å². The first-order chi connectivity index (χ1) is 15.8. The monoisotopic (exact) mass is 449 g/mol. The van der Waals surface area contributed by atoms with Crippen molar-refractivity contribution in [3.05, 3.63) is 89.5 Å². The van der Waals surface area contributed by atoms with E-state index < -0.39 is 35.3 Å². The maximum atomic E-state index is 14.1. The number of hydrogen-bond acceptors (Lipinski definition) is 3. The van der Waals surface area contributed by atoms with Crippen LogP contribution in [0.2, 0.25) is 0 Å². The molecule has 0 aliphatic carbocycles. The molecule has 2 N–H and O–H groups in total. The SMILES string of the molecule is Cc1cccc(NC(=O)c2ccccc2NC(=O)C2CC(=O)N(c3ccc(F)cc3F)C2)c1. The number of amides is 3. The van der Waals surface area contributed by atoms with E-state index in [2.05, 4.69) is 10.6 Å². The summed E-state index contributed by atoms with van der Waals surface area (Å²) in [6.07, 6.45) is -0.125. The molecule has 0 saturated carbocycles. The predicted molar refractivity (Wildman–Crippen MR) is 121 cm³/mol. The lowest BCUT2D eigenvalue weighted by atomic mass is 10.1. The van der Waals surface area contributed by atoms with Crippen LogP contribution in [0.1, 0.15) is 22.3 Å². The lowest BCUT2D eigenvalue weighted by Gasteiger charge is -2.18. The number of rotatable bonds is 5. The van der Waals surface area contributed by atoms with Gasteiger partial charge in [0.05, 0.1) is 22.9 Å². The molecule has 0 bridgehead atoms. The lowest BCUT2D eigenvalue weighted by Crippen LogP contribution is -2.29. The third-order valence-electron chi connectivity index (χ3n) is 5.40. The second-order valence-corrected chi connectivity index (χ2v) is 7.86. The van der Waals surface area contributed by atoms with Crippen molar-refractivity contribution in [2.45, 2.75) is 13.3 Å². The molecule has 1 fully saturated rings. The van der Waals surface area contributed by atoms with Crippen molar-refractivity contribution in [1.82, 2.24) is 0 Å². The molecule has 0 radical (unpaired) electrons. The zero-order valence-corrected chi connectivity index (χ0v) is 17.8. The third kappa shape index (κ3) is 4.90. The summed E-state index contributed by atoms with van der Waals surface area (Å²) in [5, 5.41) is 5.52. The number of para-hydroxylation sites is 1. The van der Waals surface area contributed by atoms with Crippen LogP contribution in [-0.2, 0) is 9.59 Å². The molecule has 0 spiro atoms. The molecule has 1 heterocycles. The average Bonchev–Trinajstić information content (AvgIpc) is 3.15. The molecule has 8 heteroatoms. The summed E-state index contributed by atoms with van der Waals surface area (Å²) in [6.45, 7) is 1.86. The summed E-state index contributed by atoms with van der Waals surface area (Å²) >= 11 is 0. The van der Waals surface area contributed by atoms with Gasteiger partial charge in [0.1, 0.15) is 11.6 Å². The van der Waals surface area contributed by atoms with E-state index >= 15 is 0 Å². The van der Waals surface area contributed by atoms with Gasteiger partial charge in [-0.2, -0.15) is 0 Å². The Labute approximate surface area is 189 Å². The Morgan fingerprint density at radius 2 is 1.76 bits per heavy atom. The van der Waals surface area contributed by atoms with Crippen molar-refractivity contribution in [2.24, 2.45) is 5.92 Å². The fraction of sp³-hybridized carbons (Fsp3) is 0.160. The van der Waals surface area contributed by atoms with Crippen molar-refractivity contribution in [1.29, 1.82) is 0 Å². The highest BCUT2D eigenvalue weighted by Crippen LogP contribution is 2.29. The number of carbonyl (C=O) groups is 3. The zero-order valence-electron chi connectivity index (χ0n) is 17.8. The summed E-state index contributed by atoms with van der Waals surface area (Å²) < 4.78 is 27.3. The van der Waals surface area contributed by atoms with Crippen molar-refractivity contribution < 1.29 is 23.2 Å². The van der Waals surface area contributed by atoms with Crippen LogP contribution in [0.15, 0.2) is 66.7 Å². The number of hydrogen-bond donors (Lipinski definition) is 2. The van der Waals surface area contributed by atoms with E-state index in [1.807, 2.05) is 25.1 Å². The minimum atomic E-state index is -0.873. The molecule has 1 aliphatic heterocycles. The second kappa shape index (κ2) is 9.20. The molecular weight excluding hydrogens is 428 g/mol. The molecule has 1 atom stereocenters. The van der Waals surface area contributed by atoms with Crippen LogP contribution in [0.25, 0.3) is 0 Å². The van der Waals surface area contributed by atoms with Gasteiger partial charge in [-0.3, -0.25) is 14.4 Å². The van der Waals surface area contributed by atoms with E-state index in [4.69, 9.17) is 0 Å². The molecule has 6 nitrogen and oxygen atoms in total. The van der Waals surface area contributed by atoms with Crippen molar-refractivity contribution in [3.8, 4) is 0 Å². The van der Waals surface area contributed by atoms with Crippen molar-refractivity contribution >= 4 is 34.8 Å². The van der Waals surface area contributed by atoms with Crippen LogP contribution in [-0.4, -0.2) is 24.3 Å². The highest BCUT2D eigenvalue weighted by Gasteiger charge is 2.36. The number of anilines is 3. The summed E-state index contributed by atoms with van der Waals surface area (Å²) in [6, 6.07) is 16.8. The average molecular weight is 449 g/mol. The van der Waals surface area contributed by atoms with Gasteiger partial charge < -0.3 is 15.5 Å². The number of carbonyl (C=O) groups excluding carboxylic acids is 3. The van der Waals surface area contributed by atoms with Gasteiger partial charge in [0.25, 0.3) is 5.91 Å².